The molecule has 0 atom stereocenters. The highest BCUT2D eigenvalue weighted by molar-refractivity contribution is 6.31. The molecule has 0 saturated carbocycles. The van der Waals surface area contributed by atoms with Crippen LogP contribution in [-0.4, -0.2) is 0 Å². The number of furan rings is 2. The summed E-state index contributed by atoms with van der Waals surface area (Å²) >= 11 is 0. The largest absolute Gasteiger partial charge is 0.455 e. The van der Waals surface area contributed by atoms with Crippen LogP contribution in [0.25, 0.3) is 120 Å². The van der Waals surface area contributed by atoms with Crippen LogP contribution < -0.4 is 0 Å². The third kappa shape index (κ3) is 3.78. The topological polar surface area (TPSA) is 26.3 Å². The summed E-state index contributed by atoms with van der Waals surface area (Å²) in [6.07, 6.45) is 0. The lowest BCUT2D eigenvalue weighted by Gasteiger charge is -2.20. The molecule has 2 aromatic heterocycles. The molecule has 240 valence electrons. The molecule has 2 heterocycles. The summed E-state index contributed by atoms with van der Waals surface area (Å²) in [5.74, 6) is 0. The van der Waals surface area contributed by atoms with E-state index in [0.29, 0.717) is 0 Å². The molecule has 52 heavy (non-hydrogen) atoms. The number of fused-ring (bicyclic) bond motifs is 7. The van der Waals surface area contributed by atoms with Gasteiger partial charge in [-0.2, -0.15) is 0 Å². The van der Waals surface area contributed by atoms with Gasteiger partial charge in [0.15, 0.2) is 0 Å². The summed E-state index contributed by atoms with van der Waals surface area (Å²) in [4.78, 5) is 0. The normalized spacial score (nSPS) is 12.2. The molecule has 0 fully saturated rings. The van der Waals surface area contributed by atoms with E-state index in [9.17, 15) is 0 Å². The average molecular weight is 661 g/mol. The monoisotopic (exact) mass is 660 g/mol. The van der Waals surface area contributed by atoms with Crippen molar-refractivity contribution in [1.82, 2.24) is 0 Å². The lowest BCUT2D eigenvalue weighted by Crippen LogP contribution is -1.93. The van der Waals surface area contributed by atoms with Gasteiger partial charge in [-0.25, -0.2) is 0 Å². The zero-order valence-corrected chi connectivity index (χ0v) is 28.0. The molecular weight excluding hydrogens is 633 g/mol. The van der Waals surface area contributed by atoms with E-state index in [2.05, 4.69) is 158 Å². The molecule has 10 aromatic carbocycles. The minimum Gasteiger partial charge on any atom is -0.455 e. The Labute approximate surface area is 298 Å². The maximum absolute atomic E-state index is 6.66. The summed E-state index contributed by atoms with van der Waals surface area (Å²) in [7, 11) is 0. The molecule has 0 amide bonds. The van der Waals surface area contributed by atoms with Crippen LogP contribution in [0.3, 0.4) is 0 Å². The highest BCUT2D eigenvalue weighted by atomic mass is 16.3. The van der Waals surface area contributed by atoms with Crippen molar-refractivity contribution in [2.24, 2.45) is 0 Å². The summed E-state index contributed by atoms with van der Waals surface area (Å²) in [6.45, 7) is 0. The Balaban J connectivity index is 1.22. The van der Waals surface area contributed by atoms with E-state index in [-0.39, 0.29) is 0 Å². The molecule has 12 rings (SSSR count). The van der Waals surface area contributed by atoms with Crippen molar-refractivity contribution in [3.8, 4) is 33.4 Å². The van der Waals surface area contributed by atoms with Crippen molar-refractivity contribution in [2.75, 3.05) is 0 Å². The minimum atomic E-state index is 0.904. The van der Waals surface area contributed by atoms with Gasteiger partial charge in [0, 0.05) is 32.7 Å². The van der Waals surface area contributed by atoms with Crippen LogP contribution in [0.2, 0.25) is 0 Å². The summed E-state index contributed by atoms with van der Waals surface area (Å²) in [6, 6.07) is 61.4. The van der Waals surface area contributed by atoms with Gasteiger partial charge in [0.1, 0.15) is 22.3 Å². The molecule has 2 nitrogen and oxygen atoms in total. The SMILES string of the molecule is c1ccc2cc(-c3cc(-c4cccc5c4oc4ccccc45)c4ccc5ccc(-c6cccc7c6oc6ccccc67)c6ccc3c4c56)ccc2c1. The second-order valence-electron chi connectivity index (χ2n) is 14.0. The van der Waals surface area contributed by atoms with Crippen LogP contribution in [0, 0.1) is 0 Å². The number of hydrogen-bond acceptors (Lipinski definition) is 2. The van der Waals surface area contributed by atoms with Crippen LogP contribution in [0.5, 0.6) is 0 Å². The molecule has 0 unspecified atom stereocenters. The lowest BCUT2D eigenvalue weighted by molar-refractivity contribution is 0.669. The van der Waals surface area contributed by atoms with Gasteiger partial charge >= 0.3 is 0 Å². The van der Waals surface area contributed by atoms with Crippen molar-refractivity contribution >= 4 is 87.0 Å². The van der Waals surface area contributed by atoms with Crippen LogP contribution in [-0.2, 0) is 0 Å². The highest BCUT2D eigenvalue weighted by Gasteiger charge is 2.22. The first-order valence-electron chi connectivity index (χ1n) is 17.8. The Morgan fingerprint density at radius 1 is 0.269 bits per heavy atom. The van der Waals surface area contributed by atoms with Gasteiger partial charge in [-0.3, -0.25) is 0 Å². The predicted octanol–water partition coefficient (Wildman–Crippen LogP) is 14.5. The molecule has 0 saturated heterocycles. The molecule has 0 N–H and O–H groups in total. The fourth-order valence-electron chi connectivity index (χ4n) is 8.87. The van der Waals surface area contributed by atoms with Gasteiger partial charge < -0.3 is 8.83 Å². The molecule has 0 aliphatic rings. The van der Waals surface area contributed by atoms with Gasteiger partial charge in [0.25, 0.3) is 0 Å². The number of para-hydroxylation sites is 4. The predicted molar refractivity (Wildman–Crippen MR) is 219 cm³/mol. The van der Waals surface area contributed by atoms with Crippen molar-refractivity contribution in [3.63, 3.8) is 0 Å². The van der Waals surface area contributed by atoms with Gasteiger partial charge in [0.05, 0.1) is 0 Å². The quantitative estimate of drug-likeness (QED) is 0.176. The Hall–Kier alpha value is -6.90. The first-order chi connectivity index (χ1) is 25.8. The van der Waals surface area contributed by atoms with Crippen LogP contribution in [0.4, 0.5) is 0 Å². The van der Waals surface area contributed by atoms with E-state index >= 15 is 0 Å². The number of benzene rings is 10. The Bertz CT molecular complexity index is 3410. The number of rotatable bonds is 3. The van der Waals surface area contributed by atoms with Gasteiger partial charge in [-0.05, 0) is 89.6 Å². The van der Waals surface area contributed by atoms with E-state index in [1.54, 1.807) is 0 Å². The van der Waals surface area contributed by atoms with E-state index in [0.717, 1.165) is 55.0 Å². The van der Waals surface area contributed by atoms with Crippen LogP contribution >= 0.6 is 0 Å². The fourth-order valence-corrected chi connectivity index (χ4v) is 8.87. The summed E-state index contributed by atoms with van der Waals surface area (Å²) in [5.41, 5.74) is 10.6. The Morgan fingerprint density at radius 2 is 0.808 bits per heavy atom. The molecular formula is C50H28O2. The third-order valence-corrected chi connectivity index (χ3v) is 11.2. The molecule has 0 aliphatic heterocycles. The second kappa shape index (κ2) is 10.3. The van der Waals surface area contributed by atoms with E-state index in [1.807, 2.05) is 12.1 Å². The molecule has 2 heteroatoms. The number of hydrogen-bond donors (Lipinski definition) is 0. The Kier molecular flexibility index (Phi) is 5.53. The van der Waals surface area contributed by atoms with Crippen molar-refractivity contribution in [3.05, 3.63) is 170 Å². The average Bonchev–Trinajstić information content (AvgIpc) is 3.78. The zero-order chi connectivity index (χ0) is 33.9. The first kappa shape index (κ1) is 27.9. The van der Waals surface area contributed by atoms with Crippen LogP contribution in [0.15, 0.2) is 179 Å². The smallest absolute Gasteiger partial charge is 0.143 e. The fraction of sp³-hybridized carbons (Fsp3) is 0. The maximum atomic E-state index is 6.66. The van der Waals surface area contributed by atoms with Gasteiger partial charge in [-0.1, -0.05) is 146 Å². The molecule has 12 aromatic rings. The summed E-state index contributed by atoms with van der Waals surface area (Å²) < 4.78 is 13.2. The molecule has 0 radical (unpaired) electrons. The highest BCUT2D eigenvalue weighted by Crippen LogP contribution is 2.48. The third-order valence-electron chi connectivity index (χ3n) is 11.2. The van der Waals surface area contributed by atoms with E-state index < -0.39 is 0 Å². The molecule has 0 spiro atoms. The van der Waals surface area contributed by atoms with E-state index in [1.165, 1.54) is 65.3 Å². The molecule has 0 aliphatic carbocycles. The van der Waals surface area contributed by atoms with Crippen molar-refractivity contribution < 1.29 is 8.83 Å². The molecule has 0 bridgehead atoms. The minimum absolute atomic E-state index is 0.904. The van der Waals surface area contributed by atoms with Gasteiger partial charge in [0.2, 0.25) is 0 Å². The standard InChI is InChI=1S/C50H28O2/c1-2-10-31-27-32(20-19-29(31)9-1)43-28-44(42-16-8-15-41-35-12-4-6-18-46(35)52-50(41)42)38-24-22-30-21-23-33(36-25-26-37(43)48(38)47(30)36)39-13-7-14-40-34-11-3-5-17-45(34)51-49(39)40/h1-28H. The van der Waals surface area contributed by atoms with Crippen LogP contribution in [0.1, 0.15) is 0 Å². The Morgan fingerprint density at radius 3 is 1.54 bits per heavy atom. The first-order valence-corrected chi connectivity index (χ1v) is 17.8. The zero-order valence-electron chi connectivity index (χ0n) is 28.0. The lowest BCUT2D eigenvalue weighted by atomic mass is 9.83. The summed E-state index contributed by atoms with van der Waals surface area (Å²) in [5, 5.41) is 14.4. The maximum Gasteiger partial charge on any atom is 0.143 e. The second-order valence-corrected chi connectivity index (χ2v) is 14.0. The van der Waals surface area contributed by atoms with Gasteiger partial charge in [-0.15, -0.1) is 0 Å². The van der Waals surface area contributed by atoms with E-state index in [4.69, 9.17) is 8.83 Å². The van der Waals surface area contributed by atoms with Crippen molar-refractivity contribution in [2.45, 2.75) is 0 Å². The van der Waals surface area contributed by atoms with Crippen molar-refractivity contribution in [1.29, 1.82) is 0 Å².